The molecular weight excluding hydrogens is 216 g/mol. The third kappa shape index (κ3) is 5.70. The van der Waals surface area contributed by atoms with Gasteiger partial charge in [-0.3, -0.25) is 9.59 Å². The van der Waals surface area contributed by atoms with Gasteiger partial charge in [0.05, 0.1) is 0 Å². The highest BCUT2D eigenvalue weighted by molar-refractivity contribution is 6.31. The van der Waals surface area contributed by atoms with Gasteiger partial charge in [-0.2, -0.15) is 0 Å². The number of hydrogen-bond donors (Lipinski definition) is 2. The van der Waals surface area contributed by atoms with E-state index in [4.69, 9.17) is 16.4 Å². The molecule has 1 aromatic rings. The Bertz CT molecular complexity index is 329. The molecule has 1 aromatic carbocycles. The molecule has 0 saturated carbocycles. The molecule has 0 radical (unpaired) electrons. The predicted octanol–water partition coefficient (Wildman–Crippen LogP) is 1.58. The van der Waals surface area contributed by atoms with Crippen molar-refractivity contribution in [3.05, 3.63) is 28.8 Å². The summed E-state index contributed by atoms with van der Waals surface area (Å²) in [5, 5.41) is 5.42. The molecule has 0 unspecified atom stereocenters. The first-order valence-corrected chi connectivity index (χ1v) is 4.60. The Hall–Kier alpha value is -1.55. The monoisotopic (exact) mass is 228 g/mol. The van der Waals surface area contributed by atoms with Crippen molar-refractivity contribution in [2.75, 3.05) is 12.4 Å². The molecule has 0 aliphatic heterocycles. The Morgan fingerprint density at radius 1 is 1.27 bits per heavy atom. The van der Waals surface area contributed by atoms with Gasteiger partial charge >= 0.3 is 0 Å². The number of rotatable bonds is 3. The maximum atomic E-state index is 10.0. The minimum absolute atomic E-state index is 0.625. The second-order valence-corrected chi connectivity index (χ2v) is 3.04. The van der Waals surface area contributed by atoms with Crippen LogP contribution in [0.4, 0.5) is 5.69 Å². The summed E-state index contributed by atoms with van der Waals surface area (Å²) in [7, 11) is 1.56. The van der Waals surface area contributed by atoms with E-state index in [1.807, 2.05) is 13.0 Å². The quantitative estimate of drug-likeness (QED) is 0.772. The number of amides is 2. The highest BCUT2D eigenvalue weighted by Crippen LogP contribution is 2.19. The molecule has 0 fully saturated rings. The number of anilines is 1. The summed E-state index contributed by atoms with van der Waals surface area (Å²) in [5.41, 5.74) is 1.72. The van der Waals surface area contributed by atoms with Crippen molar-refractivity contribution in [3.63, 3.8) is 0 Å². The van der Waals surface area contributed by atoms with Crippen molar-refractivity contribution in [2.45, 2.75) is 6.92 Å². The van der Waals surface area contributed by atoms with Crippen molar-refractivity contribution in [1.82, 2.24) is 5.32 Å². The lowest BCUT2D eigenvalue weighted by atomic mass is 10.2. The Kier molecular flexibility index (Phi) is 7.01. The number of halogens is 1. The standard InChI is InChI=1S/C8H8ClNO.C2H5NO/c1-6-2-3-7(10-5-11)4-8(6)9;1-3-2-4/h2-5H,1H3,(H,10,11);2H,1H3,(H,3,4). The first-order chi connectivity index (χ1) is 7.15. The molecule has 0 aliphatic carbocycles. The van der Waals surface area contributed by atoms with Crippen molar-refractivity contribution >= 4 is 30.1 Å². The van der Waals surface area contributed by atoms with Crippen LogP contribution in [-0.4, -0.2) is 19.9 Å². The summed E-state index contributed by atoms with van der Waals surface area (Å²) < 4.78 is 0. The molecule has 82 valence electrons. The molecule has 15 heavy (non-hydrogen) atoms. The molecule has 0 atom stereocenters. The zero-order chi connectivity index (χ0) is 11.7. The van der Waals surface area contributed by atoms with Crippen LogP contribution in [0.2, 0.25) is 5.02 Å². The van der Waals surface area contributed by atoms with Gasteiger partial charge in [-0.15, -0.1) is 0 Å². The van der Waals surface area contributed by atoms with E-state index in [1.165, 1.54) is 0 Å². The van der Waals surface area contributed by atoms with Gasteiger partial charge in [0.15, 0.2) is 0 Å². The van der Waals surface area contributed by atoms with E-state index in [2.05, 4.69) is 10.6 Å². The molecule has 2 N–H and O–H groups in total. The first-order valence-electron chi connectivity index (χ1n) is 4.23. The van der Waals surface area contributed by atoms with Crippen LogP contribution >= 0.6 is 11.6 Å². The van der Waals surface area contributed by atoms with Crippen molar-refractivity contribution in [2.24, 2.45) is 0 Å². The van der Waals surface area contributed by atoms with Crippen LogP contribution in [0.3, 0.4) is 0 Å². The second-order valence-electron chi connectivity index (χ2n) is 2.63. The summed E-state index contributed by atoms with van der Waals surface area (Å²) in [5.74, 6) is 0. The molecule has 1 rings (SSSR count). The topological polar surface area (TPSA) is 58.2 Å². The highest BCUT2D eigenvalue weighted by Gasteiger charge is 1.95. The Morgan fingerprint density at radius 2 is 1.87 bits per heavy atom. The van der Waals surface area contributed by atoms with Gasteiger partial charge in [-0.25, -0.2) is 0 Å². The van der Waals surface area contributed by atoms with Gasteiger partial charge < -0.3 is 10.6 Å². The molecule has 0 heterocycles. The van der Waals surface area contributed by atoms with Gasteiger partial charge in [-0.1, -0.05) is 17.7 Å². The number of carbonyl (C=O) groups excluding carboxylic acids is 2. The summed E-state index contributed by atoms with van der Waals surface area (Å²) in [6.07, 6.45) is 1.25. The third-order valence-corrected chi connectivity index (χ3v) is 1.92. The molecule has 5 heteroatoms. The Morgan fingerprint density at radius 3 is 2.27 bits per heavy atom. The van der Waals surface area contributed by atoms with Crippen LogP contribution in [0.5, 0.6) is 0 Å². The van der Waals surface area contributed by atoms with E-state index in [1.54, 1.807) is 19.2 Å². The van der Waals surface area contributed by atoms with Crippen LogP contribution in [0.1, 0.15) is 5.56 Å². The van der Waals surface area contributed by atoms with Crippen LogP contribution in [0.25, 0.3) is 0 Å². The van der Waals surface area contributed by atoms with E-state index in [9.17, 15) is 4.79 Å². The summed E-state index contributed by atoms with van der Waals surface area (Å²) in [4.78, 5) is 19.1. The summed E-state index contributed by atoms with van der Waals surface area (Å²) in [6.45, 7) is 1.91. The molecule has 0 spiro atoms. The average Bonchev–Trinajstić information content (AvgIpc) is 2.24. The van der Waals surface area contributed by atoms with Gasteiger partial charge in [0.1, 0.15) is 0 Å². The Labute approximate surface area is 93.6 Å². The lowest BCUT2D eigenvalue weighted by Gasteiger charge is -2.00. The predicted molar refractivity (Wildman–Crippen MR) is 61.0 cm³/mol. The van der Waals surface area contributed by atoms with Crippen LogP contribution < -0.4 is 10.6 Å². The fourth-order valence-electron chi connectivity index (χ4n) is 0.751. The molecule has 0 aliphatic rings. The van der Waals surface area contributed by atoms with Gasteiger partial charge in [-0.05, 0) is 24.6 Å². The first kappa shape index (κ1) is 13.4. The number of aryl methyl sites for hydroxylation is 1. The second kappa shape index (κ2) is 7.82. The van der Waals surface area contributed by atoms with Crippen molar-refractivity contribution in [1.29, 1.82) is 0 Å². The molecule has 0 aromatic heterocycles. The zero-order valence-corrected chi connectivity index (χ0v) is 9.34. The maximum absolute atomic E-state index is 10.0. The number of benzene rings is 1. The van der Waals surface area contributed by atoms with E-state index in [0.29, 0.717) is 17.8 Å². The van der Waals surface area contributed by atoms with Crippen molar-refractivity contribution in [3.8, 4) is 0 Å². The number of hydrogen-bond acceptors (Lipinski definition) is 2. The van der Waals surface area contributed by atoms with Crippen LogP contribution in [-0.2, 0) is 9.59 Å². The minimum Gasteiger partial charge on any atom is -0.362 e. The van der Waals surface area contributed by atoms with Crippen LogP contribution in [0.15, 0.2) is 18.2 Å². The fraction of sp³-hybridized carbons (Fsp3) is 0.200. The van der Waals surface area contributed by atoms with Crippen molar-refractivity contribution < 1.29 is 9.59 Å². The van der Waals surface area contributed by atoms with Gasteiger partial charge in [0, 0.05) is 17.8 Å². The maximum Gasteiger partial charge on any atom is 0.211 e. The van der Waals surface area contributed by atoms with E-state index < -0.39 is 0 Å². The molecular formula is C10H13ClN2O2. The highest BCUT2D eigenvalue weighted by atomic mass is 35.5. The summed E-state index contributed by atoms with van der Waals surface area (Å²) in [6, 6.07) is 5.37. The fourth-order valence-corrected chi connectivity index (χ4v) is 0.931. The van der Waals surface area contributed by atoms with E-state index in [-0.39, 0.29) is 0 Å². The van der Waals surface area contributed by atoms with Gasteiger partial charge in [0.25, 0.3) is 0 Å². The third-order valence-electron chi connectivity index (χ3n) is 1.52. The smallest absolute Gasteiger partial charge is 0.211 e. The van der Waals surface area contributed by atoms with Crippen LogP contribution in [0, 0.1) is 6.92 Å². The van der Waals surface area contributed by atoms with Gasteiger partial charge in [0.2, 0.25) is 12.8 Å². The molecule has 0 bridgehead atoms. The largest absolute Gasteiger partial charge is 0.362 e. The Balaban J connectivity index is 0.000000423. The number of carbonyl (C=O) groups is 2. The molecule has 2 amide bonds. The number of nitrogens with one attached hydrogen (secondary N) is 2. The van der Waals surface area contributed by atoms with E-state index >= 15 is 0 Å². The zero-order valence-electron chi connectivity index (χ0n) is 8.58. The normalized spacial score (nSPS) is 8.20. The SMILES string of the molecule is CNC=O.Cc1ccc(NC=O)cc1Cl. The summed E-state index contributed by atoms with van der Waals surface area (Å²) >= 11 is 5.79. The average molecular weight is 229 g/mol. The molecule has 0 saturated heterocycles. The molecule has 4 nitrogen and oxygen atoms in total. The lowest BCUT2D eigenvalue weighted by Crippen LogP contribution is -1.98. The van der Waals surface area contributed by atoms with E-state index in [0.717, 1.165) is 11.3 Å². The lowest BCUT2D eigenvalue weighted by molar-refractivity contribution is -0.109. The minimum atomic E-state index is 0.625.